The van der Waals surface area contributed by atoms with E-state index in [0.29, 0.717) is 0 Å². The molecule has 0 spiro atoms. The summed E-state index contributed by atoms with van der Waals surface area (Å²) in [6, 6.07) is 8.00. The fourth-order valence-electron chi connectivity index (χ4n) is 2.84. The molecule has 1 aromatic carbocycles. The Balaban J connectivity index is 1.54. The van der Waals surface area contributed by atoms with Crippen LogP contribution in [0.5, 0.6) is 0 Å². The number of nitrogens with zero attached hydrogens (tertiary/aromatic N) is 3. The van der Waals surface area contributed by atoms with Gasteiger partial charge in [0.2, 0.25) is 0 Å². The van der Waals surface area contributed by atoms with Gasteiger partial charge in [-0.1, -0.05) is 35.1 Å². The lowest BCUT2D eigenvalue weighted by atomic mass is 10.2. The van der Waals surface area contributed by atoms with Crippen LogP contribution in [0.3, 0.4) is 0 Å². The van der Waals surface area contributed by atoms with Gasteiger partial charge in [-0.05, 0) is 19.1 Å². The van der Waals surface area contributed by atoms with Gasteiger partial charge in [0.05, 0.1) is 10.7 Å². The summed E-state index contributed by atoms with van der Waals surface area (Å²) in [6.45, 7) is 7.65. The maximum Gasteiger partial charge on any atom is 0.307 e. The highest BCUT2D eigenvalue weighted by Gasteiger charge is 2.18. The van der Waals surface area contributed by atoms with Gasteiger partial charge < -0.3 is 9.47 Å². The summed E-state index contributed by atoms with van der Waals surface area (Å²) in [6.07, 6.45) is 0. The van der Waals surface area contributed by atoms with Crippen molar-refractivity contribution in [2.24, 2.45) is 0 Å². The van der Waals surface area contributed by atoms with Gasteiger partial charge in [0.25, 0.3) is 0 Å². The first kappa shape index (κ1) is 15.6. The van der Waals surface area contributed by atoms with Gasteiger partial charge in [-0.3, -0.25) is 9.69 Å². The number of para-hydroxylation sites is 1. The summed E-state index contributed by atoms with van der Waals surface area (Å²) >= 11 is 7.55. The molecular formula is C16H20ClN3OS. The van der Waals surface area contributed by atoms with Crippen molar-refractivity contribution < 1.29 is 0 Å². The molecule has 0 radical (unpaired) electrons. The SMILES string of the molecule is Cc1csc(=O)n1CCN1CCN(c2ccccc2Cl)CC1. The van der Waals surface area contributed by atoms with E-state index in [0.717, 1.165) is 55.7 Å². The maximum absolute atomic E-state index is 11.7. The topological polar surface area (TPSA) is 28.5 Å². The molecule has 1 saturated heterocycles. The monoisotopic (exact) mass is 337 g/mol. The van der Waals surface area contributed by atoms with Gasteiger partial charge in [-0.25, -0.2) is 0 Å². The van der Waals surface area contributed by atoms with Crippen molar-refractivity contribution in [1.82, 2.24) is 9.47 Å². The molecule has 1 fully saturated rings. The molecule has 0 saturated carbocycles. The number of hydrogen-bond donors (Lipinski definition) is 0. The van der Waals surface area contributed by atoms with Crippen molar-refractivity contribution in [2.75, 3.05) is 37.6 Å². The molecule has 0 amide bonds. The van der Waals surface area contributed by atoms with Crippen molar-refractivity contribution in [3.05, 3.63) is 50.0 Å². The third-order valence-corrected chi connectivity index (χ3v) is 5.38. The lowest BCUT2D eigenvalue weighted by Gasteiger charge is -2.36. The third kappa shape index (κ3) is 3.37. The summed E-state index contributed by atoms with van der Waals surface area (Å²) in [5.41, 5.74) is 2.18. The zero-order valence-corrected chi connectivity index (χ0v) is 14.2. The zero-order chi connectivity index (χ0) is 15.5. The summed E-state index contributed by atoms with van der Waals surface area (Å²) in [4.78, 5) is 16.6. The lowest BCUT2D eigenvalue weighted by molar-refractivity contribution is 0.247. The van der Waals surface area contributed by atoms with Crippen molar-refractivity contribution in [2.45, 2.75) is 13.5 Å². The molecular weight excluding hydrogens is 318 g/mol. The first-order valence-corrected chi connectivity index (χ1v) is 8.77. The Hall–Kier alpha value is -1.30. The predicted molar refractivity (Wildman–Crippen MR) is 93.4 cm³/mol. The molecule has 0 N–H and O–H groups in total. The van der Waals surface area contributed by atoms with Gasteiger partial charge >= 0.3 is 4.87 Å². The van der Waals surface area contributed by atoms with Crippen LogP contribution in [0.2, 0.25) is 5.02 Å². The van der Waals surface area contributed by atoms with Crippen molar-refractivity contribution >= 4 is 28.6 Å². The largest absolute Gasteiger partial charge is 0.368 e. The van der Waals surface area contributed by atoms with Gasteiger partial charge in [-0.2, -0.15) is 0 Å². The highest BCUT2D eigenvalue weighted by molar-refractivity contribution is 7.07. The van der Waals surface area contributed by atoms with Crippen LogP contribution >= 0.6 is 22.9 Å². The van der Waals surface area contributed by atoms with Crippen molar-refractivity contribution in [3.63, 3.8) is 0 Å². The number of hydrogen-bond acceptors (Lipinski definition) is 4. The summed E-state index contributed by atoms with van der Waals surface area (Å²) < 4.78 is 1.87. The van der Waals surface area contributed by atoms with Crippen LogP contribution < -0.4 is 9.77 Å². The molecule has 2 heterocycles. The average molecular weight is 338 g/mol. The molecule has 22 heavy (non-hydrogen) atoms. The molecule has 1 aliphatic heterocycles. The molecule has 0 bridgehead atoms. The number of anilines is 1. The second-order valence-corrected chi connectivity index (χ2v) is 6.80. The molecule has 6 heteroatoms. The van der Waals surface area contributed by atoms with E-state index < -0.39 is 0 Å². The second-order valence-electron chi connectivity index (χ2n) is 5.57. The number of benzene rings is 1. The van der Waals surface area contributed by atoms with E-state index in [-0.39, 0.29) is 4.87 Å². The van der Waals surface area contributed by atoms with E-state index in [1.807, 2.05) is 35.1 Å². The number of aryl methyl sites for hydroxylation is 1. The van der Waals surface area contributed by atoms with Crippen LogP contribution in [0, 0.1) is 6.92 Å². The average Bonchev–Trinajstić information content (AvgIpc) is 2.85. The van der Waals surface area contributed by atoms with Gasteiger partial charge in [0.1, 0.15) is 0 Å². The minimum Gasteiger partial charge on any atom is -0.368 e. The molecule has 0 unspecified atom stereocenters. The van der Waals surface area contributed by atoms with Crippen LogP contribution in [0.15, 0.2) is 34.4 Å². The van der Waals surface area contributed by atoms with Gasteiger partial charge in [-0.15, -0.1) is 0 Å². The van der Waals surface area contributed by atoms with Gasteiger partial charge in [0.15, 0.2) is 0 Å². The maximum atomic E-state index is 11.7. The zero-order valence-electron chi connectivity index (χ0n) is 12.7. The van der Waals surface area contributed by atoms with E-state index in [4.69, 9.17) is 11.6 Å². The standard InChI is InChI=1S/C16H20ClN3OS/c1-13-12-22-16(21)20(13)11-8-18-6-9-19(10-7-18)15-5-3-2-4-14(15)17/h2-5,12H,6-11H2,1H3. The first-order valence-electron chi connectivity index (χ1n) is 7.52. The number of thiazole rings is 1. The Kier molecular flexibility index (Phi) is 4.86. The quantitative estimate of drug-likeness (QED) is 0.858. The van der Waals surface area contributed by atoms with E-state index in [1.54, 1.807) is 0 Å². The van der Waals surface area contributed by atoms with E-state index in [9.17, 15) is 4.79 Å². The summed E-state index contributed by atoms with van der Waals surface area (Å²) in [7, 11) is 0. The molecule has 0 atom stereocenters. The van der Waals surface area contributed by atoms with Crippen LogP contribution in [0.25, 0.3) is 0 Å². The molecule has 1 aromatic heterocycles. The summed E-state index contributed by atoms with van der Waals surface area (Å²) in [5, 5.41) is 2.74. The molecule has 2 aromatic rings. The molecule has 0 aliphatic carbocycles. The highest BCUT2D eigenvalue weighted by atomic mass is 35.5. The number of piperazine rings is 1. The smallest absolute Gasteiger partial charge is 0.307 e. The van der Waals surface area contributed by atoms with E-state index in [2.05, 4.69) is 15.9 Å². The fraction of sp³-hybridized carbons (Fsp3) is 0.438. The van der Waals surface area contributed by atoms with Crippen molar-refractivity contribution in [3.8, 4) is 0 Å². The first-order chi connectivity index (χ1) is 10.6. The minimum atomic E-state index is 0.146. The van der Waals surface area contributed by atoms with Crippen LogP contribution in [0.4, 0.5) is 5.69 Å². The predicted octanol–water partition coefficient (Wildman–Crippen LogP) is 2.69. The number of halogens is 1. The molecule has 118 valence electrons. The molecule has 1 aliphatic rings. The third-order valence-electron chi connectivity index (χ3n) is 4.18. The van der Waals surface area contributed by atoms with Crippen LogP contribution in [0.1, 0.15) is 5.69 Å². The number of rotatable bonds is 4. The van der Waals surface area contributed by atoms with Crippen LogP contribution in [-0.2, 0) is 6.54 Å². The minimum absolute atomic E-state index is 0.146. The normalized spacial score (nSPS) is 16.2. The molecule has 3 rings (SSSR count). The van der Waals surface area contributed by atoms with E-state index in [1.165, 1.54) is 11.3 Å². The lowest BCUT2D eigenvalue weighted by Crippen LogP contribution is -2.47. The molecule has 4 nitrogen and oxygen atoms in total. The Morgan fingerprint density at radius 1 is 1.14 bits per heavy atom. The Morgan fingerprint density at radius 2 is 1.86 bits per heavy atom. The fourth-order valence-corrected chi connectivity index (χ4v) is 3.85. The second kappa shape index (κ2) is 6.86. The van der Waals surface area contributed by atoms with E-state index >= 15 is 0 Å². The Labute approximate surface area is 139 Å². The number of aromatic nitrogens is 1. The Bertz CT molecular complexity index is 689. The van der Waals surface area contributed by atoms with Crippen molar-refractivity contribution in [1.29, 1.82) is 0 Å². The van der Waals surface area contributed by atoms with Crippen LogP contribution in [-0.4, -0.2) is 42.2 Å². The van der Waals surface area contributed by atoms with Gasteiger partial charge in [0, 0.05) is 50.3 Å². The highest BCUT2D eigenvalue weighted by Crippen LogP contribution is 2.25. The summed E-state index contributed by atoms with van der Waals surface area (Å²) in [5.74, 6) is 0. The Morgan fingerprint density at radius 3 is 2.50 bits per heavy atom.